The molecule has 0 heterocycles. The zero-order valence-corrected chi connectivity index (χ0v) is 10.1. The third-order valence-electron chi connectivity index (χ3n) is 3.35. The third kappa shape index (κ3) is 3.70. The molecule has 0 radical (unpaired) electrons. The lowest BCUT2D eigenvalue weighted by Crippen LogP contribution is -2.39. The van der Waals surface area contributed by atoms with Crippen molar-refractivity contribution in [3.63, 3.8) is 0 Å². The largest absolute Gasteiger partial charge is 0.489 e. The molecule has 3 heteroatoms. The van der Waals surface area contributed by atoms with E-state index in [1.54, 1.807) is 12.1 Å². The van der Waals surface area contributed by atoms with E-state index >= 15 is 0 Å². The van der Waals surface area contributed by atoms with Crippen LogP contribution in [0.5, 0.6) is 5.75 Å². The standard InChI is InChI=1S/C14H20FNO/c15-11-7-9-12(10-8-11)17-14-6-4-2-1-3-5-13(14)16/h7-10,13-14H,1-6,16H2/t13-,14+/m0/s1. The molecule has 0 bridgehead atoms. The molecule has 0 amide bonds. The monoisotopic (exact) mass is 237 g/mol. The van der Waals surface area contributed by atoms with Crippen LogP contribution in [0.4, 0.5) is 4.39 Å². The molecule has 0 spiro atoms. The van der Waals surface area contributed by atoms with E-state index in [4.69, 9.17) is 10.5 Å². The van der Waals surface area contributed by atoms with Crippen molar-refractivity contribution >= 4 is 0 Å². The highest BCUT2D eigenvalue weighted by Gasteiger charge is 2.20. The van der Waals surface area contributed by atoms with Crippen molar-refractivity contribution < 1.29 is 9.13 Å². The molecule has 1 aromatic carbocycles. The molecule has 2 nitrogen and oxygen atoms in total. The van der Waals surface area contributed by atoms with Crippen molar-refractivity contribution in [3.05, 3.63) is 30.1 Å². The Bertz CT molecular complexity index is 339. The average Bonchev–Trinajstić information content (AvgIpc) is 2.31. The van der Waals surface area contributed by atoms with E-state index in [-0.39, 0.29) is 18.0 Å². The summed E-state index contributed by atoms with van der Waals surface area (Å²) in [5.41, 5.74) is 6.13. The molecule has 2 rings (SSSR count). The van der Waals surface area contributed by atoms with Gasteiger partial charge in [0, 0.05) is 6.04 Å². The number of rotatable bonds is 2. The lowest BCUT2D eigenvalue weighted by Gasteiger charge is -2.27. The number of benzene rings is 1. The van der Waals surface area contributed by atoms with E-state index < -0.39 is 0 Å². The van der Waals surface area contributed by atoms with Gasteiger partial charge in [-0.3, -0.25) is 0 Å². The molecule has 1 aromatic rings. The maximum absolute atomic E-state index is 12.8. The Kier molecular flexibility index (Phi) is 4.37. The Morgan fingerprint density at radius 2 is 1.65 bits per heavy atom. The first-order valence-corrected chi connectivity index (χ1v) is 6.43. The highest BCUT2D eigenvalue weighted by molar-refractivity contribution is 5.22. The number of halogens is 1. The van der Waals surface area contributed by atoms with Crippen LogP contribution in [0.25, 0.3) is 0 Å². The van der Waals surface area contributed by atoms with E-state index in [9.17, 15) is 4.39 Å². The van der Waals surface area contributed by atoms with Crippen LogP contribution in [-0.4, -0.2) is 12.1 Å². The molecule has 1 aliphatic rings. The number of hydrogen-bond acceptors (Lipinski definition) is 2. The molecule has 1 fully saturated rings. The van der Waals surface area contributed by atoms with Gasteiger partial charge in [-0.15, -0.1) is 0 Å². The van der Waals surface area contributed by atoms with Crippen molar-refractivity contribution in [1.29, 1.82) is 0 Å². The predicted molar refractivity (Wildman–Crippen MR) is 66.5 cm³/mol. The summed E-state index contributed by atoms with van der Waals surface area (Å²) in [6, 6.07) is 6.27. The quantitative estimate of drug-likeness (QED) is 0.857. The lowest BCUT2D eigenvalue weighted by atomic mass is 9.95. The summed E-state index contributed by atoms with van der Waals surface area (Å²) in [5, 5.41) is 0. The second kappa shape index (κ2) is 6.01. The van der Waals surface area contributed by atoms with Gasteiger partial charge >= 0.3 is 0 Å². The minimum Gasteiger partial charge on any atom is -0.489 e. The van der Waals surface area contributed by atoms with Crippen LogP contribution >= 0.6 is 0 Å². The minimum absolute atomic E-state index is 0.0701. The van der Waals surface area contributed by atoms with Gasteiger partial charge < -0.3 is 10.5 Å². The minimum atomic E-state index is -0.237. The van der Waals surface area contributed by atoms with Gasteiger partial charge in [0.05, 0.1) is 0 Å². The second-order valence-electron chi connectivity index (χ2n) is 4.77. The van der Waals surface area contributed by atoms with Crippen LogP contribution in [0.1, 0.15) is 38.5 Å². The van der Waals surface area contributed by atoms with Gasteiger partial charge in [-0.05, 0) is 43.5 Å². The van der Waals surface area contributed by atoms with Gasteiger partial charge in [-0.1, -0.05) is 19.3 Å². The molecule has 0 aromatic heterocycles. The Hall–Kier alpha value is -1.09. The SMILES string of the molecule is N[C@H]1CCCCCC[C@H]1Oc1ccc(F)cc1. The zero-order chi connectivity index (χ0) is 12.1. The molecule has 94 valence electrons. The molecule has 2 atom stereocenters. The molecule has 17 heavy (non-hydrogen) atoms. The van der Waals surface area contributed by atoms with Crippen molar-refractivity contribution in [1.82, 2.24) is 0 Å². The molecular formula is C14H20FNO. The third-order valence-corrected chi connectivity index (χ3v) is 3.35. The average molecular weight is 237 g/mol. The van der Waals surface area contributed by atoms with Crippen LogP contribution in [-0.2, 0) is 0 Å². The van der Waals surface area contributed by atoms with Crippen molar-refractivity contribution in [2.45, 2.75) is 50.7 Å². The number of hydrogen-bond donors (Lipinski definition) is 1. The van der Waals surface area contributed by atoms with Crippen molar-refractivity contribution in [2.75, 3.05) is 0 Å². The Morgan fingerprint density at radius 3 is 2.35 bits per heavy atom. The summed E-state index contributed by atoms with van der Waals surface area (Å²) in [4.78, 5) is 0. The van der Waals surface area contributed by atoms with Crippen LogP contribution in [0.3, 0.4) is 0 Å². The summed E-state index contributed by atoms with van der Waals surface area (Å²) in [5.74, 6) is 0.478. The molecule has 0 saturated heterocycles. The van der Waals surface area contributed by atoms with Crippen LogP contribution < -0.4 is 10.5 Å². The molecule has 0 aliphatic heterocycles. The summed E-state index contributed by atoms with van der Waals surface area (Å²) in [6.07, 6.45) is 6.97. The topological polar surface area (TPSA) is 35.2 Å². The molecule has 0 unspecified atom stereocenters. The fourth-order valence-corrected chi connectivity index (χ4v) is 2.31. The van der Waals surface area contributed by atoms with Crippen molar-refractivity contribution in [3.8, 4) is 5.75 Å². The van der Waals surface area contributed by atoms with E-state index in [0.29, 0.717) is 5.75 Å². The van der Waals surface area contributed by atoms with Crippen LogP contribution in [0.2, 0.25) is 0 Å². The van der Waals surface area contributed by atoms with Crippen molar-refractivity contribution in [2.24, 2.45) is 5.73 Å². The summed E-state index contributed by atoms with van der Waals surface area (Å²) >= 11 is 0. The van der Waals surface area contributed by atoms with Gasteiger partial charge in [0.15, 0.2) is 0 Å². The number of nitrogens with two attached hydrogens (primary N) is 1. The maximum Gasteiger partial charge on any atom is 0.123 e. The maximum atomic E-state index is 12.8. The first kappa shape index (κ1) is 12.4. The van der Waals surface area contributed by atoms with E-state index in [2.05, 4.69) is 0 Å². The highest BCUT2D eigenvalue weighted by Crippen LogP contribution is 2.22. The molecule has 1 saturated carbocycles. The molecular weight excluding hydrogens is 217 g/mol. The number of ether oxygens (including phenoxy) is 1. The first-order chi connectivity index (χ1) is 8.25. The Morgan fingerprint density at radius 1 is 1.00 bits per heavy atom. The van der Waals surface area contributed by atoms with Gasteiger partial charge in [0.1, 0.15) is 17.7 Å². The fourth-order valence-electron chi connectivity index (χ4n) is 2.31. The smallest absolute Gasteiger partial charge is 0.123 e. The summed E-state index contributed by atoms with van der Waals surface area (Å²) in [6.45, 7) is 0. The predicted octanol–water partition coefficient (Wildman–Crippen LogP) is 3.25. The fraction of sp³-hybridized carbons (Fsp3) is 0.571. The summed E-state index contributed by atoms with van der Waals surface area (Å²) < 4.78 is 18.6. The van der Waals surface area contributed by atoms with E-state index in [1.165, 1.54) is 37.8 Å². The first-order valence-electron chi connectivity index (χ1n) is 6.43. The van der Waals surface area contributed by atoms with E-state index in [0.717, 1.165) is 12.8 Å². The Labute approximate surface area is 102 Å². The van der Waals surface area contributed by atoms with E-state index in [1.807, 2.05) is 0 Å². The molecule has 2 N–H and O–H groups in total. The van der Waals surface area contributed by atoms with Gasteiger partial charge in [-0.25, -0.2) is 4.39 Å². The van der Waals surface area contributed by atoms with Crippen LogP contribution in [0.15, 0.2) is 24.3 Å². The second-order valence-corrected chi connectivity index (χ2v) is 4.77. The lowest BCUT2D eigenvalue weighted by molar-refractivity contribution is 0.145. The normalized spacial score (nSPS) is 26.0. The van der Waals surface area contributed by atoms with Gasteiger partial charge in [0.25, 0.3) is 0 Å². The Balaban J connectivity index is 1.97. The van der Waals surface area contributed by atoms with Gasteiger partial charge in [-0.2, -0.15) is 0 Å². The van der Waals surface area contributed by atoms with Crippen LogP contribution in [0, 0.1) is 5.82 Å². The summed E-state index contributed by atoms with van der Waals surface area (Å²) in [7, 11) is 0. The highest BCUT2D eigenvalue weighted by atomic mass is 19.1. The zero-order valence-electron chi connectivity index (χ0n) is 10.1. The van der Waals surface area contributed by atoms with Gasteiger partial charge in [0.2, 0.25) is 0 Å². The molecule has 1 aliphatic carbocycles.